The molecule has 1 aromatic carbocycles. The van der Waals surface area contributed by atoms with Gasteiger partial charge in [0.2, 0.25) is 0 Å². The van der Waals surface area contributed by atoms with Crippen molar-refractivity contribution in [2.24, 2.45) is 0 Å². The molecule has 1 N–H and O–H groups in total. The highest BCUT2D eigenvalue weighted by atomic mass is 79.9. The number of hydrogen-bond donors (Lipinski definition) is 1. The smallest absolute Gasteiger partial charge is 0.169 e. The van der Waals surface area contributed by atoms with E-state index in [4.69, 9.17) is 13.9 Å². The summed E-state index contributed by atoms with van der Waals surface area (Å²) in [4.78, 5) is 0. The Hall–Kier alpha value is -0.980. The fourth-order valence-electron chi connectivity index (χ4n) is 1.71. The van der Waals surface area contributed by atoms with Crippen LogP contribution in [-0.4, -0.2) is 19.3 Å². The second-order valence-electron chi connectivity index (χ2n) is 3.77. The van der Waals surface area contributed by atoms with Crippen LogP contribution in [-0.2, 0) is 0 Å². The van der Waals surface area contributed by atoms with Crippen molar-refractivity contribution in [1.82, 2.24) is 0 Å². The molecule has 102 valence electrons. The van der Waals surface area contributed by atoms with Crippen LogP contribution in [0.2, 0.25) is 0 Å². The molecule has 6 heteroatoms. The minimum atomic E-state index is -0.888. The van der Waals surface area contributed by atoms with E-state index in [1.54, 1.807) is 38.5 Å². The van der Waals surface area contributed by atoms with Gasteiger partial charge in [-0.3, -0.25) is 0 Å². The van der Waals surface area contributed by atoms with Crippen molar-refractivity contribution in [2.75, 3.05) is 14.2 Å². The first-order valence-corrected chi connectivity index (χ1v) is 7.00. The van der Waals surface area contributed by atoms with Gasteiger partial charge in [0.15, 0.2) is 16.2 Å². The summed E-state index contributed by atoms with van der Waals surface area (Å²) < 4.78 is 17.1. The van der Waals surface area contributed by atoms with Gasteiger partial charge in [0, 0.05) is 10.0 Å². The van der Waals surface area contributed by atoms with Gasteiger partial charge in [0.05, 0.1) is 14.2 Å². The van der Waals surface area contributed by atoms with Gasteiger partial charge in [0.25, 0.3) is 0 Å². The zero-order chi connectivity index (χ0) is 14.0. The van der Waals surface area contributed by atoms with Crippen LogP contribution in [0.15, 0.2) is 37.8 Å². The van der Waals surface area contributed by atoms with Crippen LogP contribution in [0.25, 0.3) is 0 Å². The van der Waals surface area contributed by atoms with Gasteiger partial charge in [-0.25, -0.2) is 0 Å². The predicted molar refractivity (Wildman–Crippen MR) is 77.7 cm³/mol. The number of ether oxygens (including phenoxy) is 2. The van der Waals surface area contributed by atoms with Crippen molar-refractivity contribution < 1.29 is 19.0 Å². The molecule has 0 spiro atoms. The number of aliphatic hydroxyl groups is 1. The van der Waals surface area contributed by atoms with Crippen LogP contribution in [0, 0.1) is 0 Å². The number of rotatable bonds is 4. The Bertz CT molecular complexity index is 580. The van der Waals surface area contributed by atoms with Gasteiger partial charge < -0.3 is 19.0 Å². The lowest BCUT2D eigenvalue weighted by Gasteiger charge is -2.14. The lowest BCUT2D eigenvalue weighted by Crippen LogP contribution is -2.01. The number of benzene rings is 1. The van der Waals surface area contributed by atoms with E-state index in [1.807, 2.05) is 0 Å². The number of furan rings is 1. The topological polar surface area (TPSA) is 51.8 Å². The van der Waals surface area contributed by atoms with E-state index < -0.39 is 6.10 Å². The molecule has 0 fully saturated rings. The molecule has 2 aromatic rings. The number of hydrogen-bond acceptors (Lipinski definition) is 4. The zero-order valence-corrected chi connectivity index (χ0v) is 13.5. The van der Waals surface area contributed by atoms with E-state index in [-0.39, 0.29) is 0 Å². The zero-order valence-electron chi connectivity index (χ0n) is 10.3. The van der Waals surface area contributed by atoms with Gasteiger partial charge in [-0.1, -0.05) is 15.9 Å². The fraction of sp³-hybridized carbons (Fsp3) is 0.231. The highest BCUT2D eigenvalue weighted by Gasteiger charge is 2.20. The summed E-state index contributed by atoms with van der Waals surface area (Å²) in [5, 5.41) is 10.3. The Kier molecular flexibility index (Phi) is 4.54. The Morgan fingerprint density at radius 1 is 1.11 bits per heavy atom. The fourth-order valence-corrected chi connectivity index (χ4v) is 2.57. The first-order chi connectivity index (χ1) is 9.06. The number of halogens is 2. The highest BCUT2D eigenvalue weighted by molar-refractivity contribution is 9.10. The van der Waals surface area contributed by atoms with Crippen molar-refractivity contribution in [2.45, 2.75) is 6.10 Å². The maximum atomic E-state index is 10.3. The van der Waals surface area contributed by atoms with E-state index in [2.05, 4.69) is 31.9 Å². The molecular formula is C13H12Br2O4. The third-order valence-electron chi connectivity index (χ3n) is 2.66. The Balaban J connectivity index is 2.44. The Morgan fingerprint density at radius 3 is 2.26 bits per heavy atom. The van der Waals surface area contributed by atoms with Crippen LogP contribution in [0.4, 0.5) is 0 Å². The molecule has 1 heterocycles. The number of methoxy groups -OCH3 is 2. The van der Waals surface area contributed by atoms with Crippen molar-refractivity contribution in [1.29, 1.82) is 0 Å². The first-order valence-electron chi connectivity index (χ1n) is 5.41. The summed E-state index contributed by atoms with van der Waals surface area (Å²) in [5.74, 6) is 1.58. The summed E-state index contributed by atoms with van der Waals surface area (Å²) in [5.41, 5.74) is 0.638. The molecule has 2 rings (SSSR count). The summed E-state index contributed by atoms with van der Waals surface area (Å²) >= 11 is 6.62. The maximum absolute atomic E-state index is 10.3. The minimum absolute atomic E-state index is 0.444. The van der Waals surface area contributed by atoms with E-state index in [0.29, 0.717) is 32.0 Å². The van der Waals surface area contributed by atoms with Crippen LogP contribution in [0.5, 0.6) is 11.5 Å². The van der Waals surface area contributed by atoms with Crippen LogP contribution in [0.3, 0.4) is 0 Å². The second-order valence-corrected chi connectivity index (χ2v) is 5.41. The summed E-state index contributed by atoms with van der Waals surface area (Å²) in [6.07, 6.45) is -0.888. The molecule has 0 saturated carbocycles. The van der Waals surface area contributed by atoms with E-state index in [9.17, 15) is 5.11 Å². The average molecular weight is 392 g/mol. The van der Waals surface area contributed by atoms with Crippen LogP contribution < -0.4 is 9.47 Å². The van der Waals surface area contributed by atoms with Gasteiger partial charge in [0.1, 0.15) is 11.9 Å². The summed E-state index contributed by atoms with van der Waals surface area (Å²) in [7, 11) is 3.11. The van der Waals surface area contributed by atoms with E-state index >= 15 is 0 Å². The van der Waals surface area contributed by atoms with Gasteiger partial charge in [-0.15, -0.1) is 0 Å². The molecule has 0 aliphatic heterocycles. The van der Waals surface area contributed by atoms with Crippen molar-refractivity contribution >= 4 is 31.9 Å². The van der Waals surface area contributed by atoms with Gasteiger partial charge >= 0.3 is 0 Å². The van der Waals surface area contributed by atoms with Gasteiger partial charge in [-0.05, 0) is 40.2 Å². The highest BCUT2D eigenvalue weighted by Crippen LogP contribution is 2.38. The molecule has 19 heavy (non-hydrogen) atoms. The normalized spacial score (nSPS) is 12.3. The molecule has 1 atom stereocenters. The standard InChI is InChI=1S/C13H12Br2O4/c1-17-10-5-7(8(14)6-11(10)18-2)13(16)9-3-4-12(15)19-9/h3-6,13,16H,1-2H3. The van der Waals surface area contributed by atoms with Crippen LogP contribution in [0.1, 0.15) is 17.4 Å². The molecule has 0 amide bonds. The van der Waals surface area contributed by atoms with E-state index in [1.165, 1.54) is 0 Å². The molecule has 0 bridgehead atoms. The maximum Gasteiger partial charge on any atom is 0.169 e. The third kappa shape index (κ3) is 2.96. The Labute approximate surface area is 127 Å². The second kappa shape index (κ2) is 5.98. The quantitative estimate of drug-likeness (QED) is 0.858. The average Bonchev–Trinajstić information content (AvgIpc) is 2.84. The number of aliphatic hydroxyl groups excluding tert-OH is 1. The van der Waals surface area contributed by atoms with E-state index in [0.717, 1.165) is 0 Å². The SMILES string of the molecule is COc1cc(Br)c(C(O)c2ccc(Br)o2)cc1OC. The molecule has 0 aliphatic rings. The van der Waals surface area contributed by atoms with Gasteiger partial charge in [-0.2, -0.15) is 0 Å². The lowest BCUT2D eigenvalue weighted by atomic mass is 10.1. The molecule has 0 saturated heterocycles. The third-order valence-corrected chi connectivity index (χ3v) is 3.77. The molecule has 0 aliphatic carbocycles. The molecule has 1 unspecified atom stereocenters. The molecule has 0 radical (unpaired) electrons. The lowest BCUT2D eigenvalue weighted by molar-refractivity contribution is 0.186. The predicted octanol–water partition coefficient (Wildman–Crippen LogP) is 3.90. The minimum Gasteiger partial charge on any atom is -0.493 e. The van der Waals surface area contributed by atoms with Crippen molar-refractivity contribution in [3.05, 3.63) is 44.7 Å². The first kappa shape index (κ1) is 14.4. The van der Waals surface area contributed by atoms with Crippen molar-refractivity contribution in [3.8, 4) is 11.5 Å². The Morgan fingerprint density at radius 2 is 1.74 bits per heavy atom. The molecule has 1 aromatic heterocycles. The molecular weight excluding hydrogens is 380 g/mol. The summed E-state index contributed by atoms with van der Waals surface area (Å²) in [6.45, 7) is 0. The van der Waals surface area contributed by atoms with Crippen LogP contribution >= 0.6 is 31.9 Å². The molecule has 4 nitrogen and oxygen atoms in total. The van der Waals surface area contributed by atoms with Crippen molar-refractivity contribution in [3.63, 3.8) is 0 Å². The monoisotopic (exact) mass is 390 g/mol. The largest absolute Gasteiger partial charge is 0.493 e. The summed E-state index contributed by atoms with van der Waals surface area (Å²) in [6, 6.07) is 6.89.